The summed E-state index contributed by atoms with van der Waals surface area (Å²) in [7, 11) is 0. The lowest BCUT2D eigenvalue weighted by Crippen LogP contribution is -2.10. The summed E-state index contributed by atoms with van der Waals surface area (Å²) in [5.74, 6) is 2.27. The molecule has 0 unspecified atom stereocenters. The molecule has 0 amide bonds. The maximum Gasteiger partial charge on any atom is 0.227 e. The molecule has 0 spiro atoms. The van der Waals surface area contributed by atoms with Crippen LogP contribution in [0, 0.1) is 27.7 Å². The van der Waals surface area contributed by atoms with Crippen LogP contribution in [0.4, 0.5) is 0 Å². The molecule has 19 aromatic carbocycles. The zero-order chi connectivity index (χ0) is 99.3. The van der Waals surface area contributed by atoms with Crippen molar-refractivity contribution in [3.05, 3.63) is 519 Å². The van der Waals surface area contributed by atoms with Crippen molar-refractivity contribution < 1.29 is 4.42 Å². The summed E-state index contributed by atoms with van der Waals surface area (Å²) in [5.41, 5.74) is 41.8. The number of oxazole rings is 1. The number of hydrogen-bond acceptors (Lipinski definition) is 4. The maximum absolute atomic E-state index is 5.95. The molecule has 704 valence electrons. The molecular formula is C137H110N8O. The number of para-hydroxylation sites is 2. The number of aryl methyl sites for hydroxylation is 4. The minimum atomic E-state index is 0.0672. The van der Waals surface area contributed by atoms with Gasteiger partial charge in [-0.25, -0.2) is 4.98 Å². The molecule has 6 heterocycles. The van der Waals surface area contributed by atoms with Crippen molar-refractivity contribution in [2.75, 3.05) is 0 Å². The fourth-order valence-electron chi connectivity index (χ4n) is 20.4. The van der Waals surface area contributed by atoms with Gasteiger partial charge in [0.2, 0.25) is 5.89 Å². The van der Waals surface area contributed by atoms with Crippen molar-refractivity contribution in [1.29, 1.82) is 0 Å². The molecule has 25 rings (SSSR count). The second-order valence-electron chi connectivity index (χ2n) is 40.3. The van der Waals surface area contributed by atoms with Crippen LogP contribution in [0.25, 0.3) is 218 Å². The smallest absolute Gasteiger partial charge is 0.227 e. The van der Waals surface area contributed by atoms with Gasteiger partial charge >= 0.3 is 0 Å². The highest BCUT2D eigenvalue weighted by Crippen LogP contribution is 2.45. The predicted molar refractivity (Wildman–Crippen MR) is 611 cm³/mol. The van der Waals surface area contributed by atoms with Gasteiger partial charge in [-0.15, -0.1) is 10.2 Å². The van der Waals surface area contributed by atoms with E-state index >= 15 is 0 Å². The van der Waals surface area contributed by atoms with Crippen LogP contribution in [0.3, 0.4) is 0 Å². The zero-order valence-corrected chi connectivity index (χ0v) is 83.7. The second-order valence-corrected chi connectivity index (χ2v) is 40.3. The van der Waals surface area contributed by atoms with Crippen molar-refractivity contribution in [2.45, 2.75) is 80.1 Å². The minimum absolute atomic E-state index is 0.0672. The molecule has 9 heteroatoms. The van der Waals surface area contributed by atoms with Crippen molar-refractivity contribution in [1.82, 2.24) is 38.0 Å². The summed E-state index contributed by atoms with van der Waals surface area (Å²) in [6.45, 7) is 22.3. The van der Waals surface area contributed by atoms with Crippen LogP contribution in [-0.4, -0.2) is 38.0 Å². The molecule has 0 N–H and O–H groups in total. The van der Waals surface area contributed by atoms with Gasteiger partial charge in [0.25, 0.3) is 0 Å². The standard InChI is InChI=1S/C56H48N2.C44H34N4.C37H28N2O/c1-55(2,3)41-25-31-53-49(35-41)50-36-42(56(4,5)6)26-32-54(50)58(53)44-29-23-38(24-30-44)37-21-27-43(28-22-37)57-51(47-19-11-15-39-13-7-9-17-45(39)47)33-34-52(57)48-20-12-16-40-14-8-10-18-46(40)48;1-31-13-17-35(18-14-31)41-29-30-42(36-19-15-32(2)16-20-36)47(41)39-25-21-33(22-26-39)34-23-27-40(28-24-34)48-43(37-9-5-3-6-10-37)45-46-44(48)38-11-7-4-8-12-38;1-25-7-11-29(12-8-25)34-23-24-35(30-13-9-26(2)10-14-30)39(34)32-21-19-28(20-22-32)27-15-17-31(18-16-27)37-38-33-5-3-4-6-36(33)40-37/h7-36H,1-6H3;3-30H,1-2H3;3-24H,1-2H3. The largest absolute Gasteiger partial charge is 0.436 e. The molecule has 0 saturated heterocycles. The summed E-state index contributed by atoms with van der Waals surface area (Å²) in [6, 6.07) is 174. The summed E-state index contributed by atoms with van der Waals surface area (Å²) >= 11 is 0. The predicted octanol–water partition coefficient (Wildman–Crippen LogP) is 36.4. The number of aromatic nitrogens is 8. The van der Waals surface area contributed by atoms with E-state index in [1.54, 1.807) is 0 Å². The van der Waals surface area contributed by atoms with Crippen LogP contribution in [0.5, 0.6) is 0 Å². The van der Waals surface area contributed by atoms with E-state index in [9.17, 15) is 0 Å². The Hall–Kier alpha value is -18.1. The number of nitrogens with zero attached hydrogens (tertiary/aromatic N) is 8. The molecule has 0 radical (unpaired) electrons. The molecule has 0 aliphatic carbocycles. The number of hydrogen-bond donors (Lipinski definition) is 0. The first-order valence-electron chi connectivity index (χ1n) is 50.3. The highest BCUT2D eigenvalue weighted by atomic mass is 16.3. The number of fused-ring (bicyclic) bond motifs is 6. The average molecular weight is 1880 g/mol. The Bertz CT molecular complexity index is 8640. The van der Waals surface area contributed by atoms with E-state index in [1.165, 1.54) is 161 Å². The van der Waals surface area contributed by atoms with E-state index in [0.717, 1.165) is 84.4 Å². The lowest BCUT2D eigenvalue weighted by Gasteiger charge is -2.19. The average Bonchev–Trinajstić information content (AvgIpc) is 1.58. The number of rotatable bonds is 17. The van der Waals surface area contributed by atoms with Gasteiger partial charge in [-0.05, 0) is 272 Å². The van der Waals surface area contributed by atoms with Crippen LogP contribution in [0.15, 0.2) is 490 Å². The lowest BCUT2D eigenvalue weighted by atomic mass is 9.85. The number of benzene rings is 19. The third-order valence-corrected chi connectivity index (χ3v) is 28.4. The van der Waals surface area contributed by atoms with E-state index in [1.807, 2.05) is 60.7 Å². The van der Waals surface area contributed by atoms with Gasteiger partial charge in [-0.3, -0.25) is 4.57 Å². The molecule has 6 aromatic heterocycles. The van der Waals surface area contributed by atoms with Crippen molar-refractivity contribution in [2.24, 2.45) is 0 Å². The first kappa shape index (κ1) is 91.7. The Morgan fingerprint density at radius 2 is 0.486 bits per heavy atom. The van der Waals surface area contributed by atoms with Gasteiger partial charge < -0.3 is 22.7 Å². The second kappa shape index (κ2) is 38.8. The zero-order valence-electron chi connectivity index (χ0n) is 83.7. The molecule has 0 bridgehead atoms. The lowest BCUT2D eigenvalue weighted by molar-refractivity contribution is 0.590. The topological polar surface area (TPSA) is 76.5 Å². The van der Waals surface area contributed by atoms with E-state index in [0.29, 0.717) is 5.89 Å². The summed E-state index contributed by atoms with van der Waals surface area (Å²) < 4.78 is 17.7. The van der Waals surface area contributed by atoms with Crippen LogP contribution in [-0.2, 0) is 10.8 Å². The van der Waals surface area contributed by atoms with Crippen molar-refractivity contribution in [3.63, 3.8) is 0 Å². The Kier molecular flexibility index (Phi) is 24.3. The van der Waals surface area contributed by atoms with E-state index in [2.05, 4.69) is 532 Å². The van der Waals surface area contributed by atoms with Crippen molar-refractivity contribution in [3.8, 4) is 164 Å². The Labute approximate surface area is 853 Å². The Balaban J connectivity index is 0.000000123. The monoisotopic (exact) mass is 1880 g/mol. The van der Waals surface area contributed by atoms with Gasteiger partial charge in [0, 0.05) is 67.0 Å². The SMILES string of the molecule is CC(C)(C)c1ccc2c(c1)c1cc(C(C)(C)C)ccc1n2-c1ccc(-c2ccc(-n3c(-c4cccc5ccccc45)ccc3-c3cccc4ccccc34)cc2)cc1.Cc1ccc(-c2ccc(-c3ccc(C)cc3)n2-c2ccc(-c3ccc(-c4nc5ccccc5o4)cc3)cc2)cc1.Cc1ccc(-c2ccc(-c3ccc(C)cc3)n2-c2ccc(-c3ccc(-n4c(-c5ccccc5)nnc4-c4ccccc4)cc3)cc2)cc1. The summed E-state index contributed by atoms with van der Waals surface area (Å²) in [4.78, 5) is 4.63. The molecule has 0 aliphatic heterocycles. The quantitative estimate of drug-likeness (QED) is 0.0910. The first-order valence-corrected chi connectivity index (χ1v) is 50.3. The normalized spacial score (nSPS) is 11.6. The fourth-order valence-corrected chi connectivity index (χ4v) is 20.4. The molecule has 0 saturated carbocycles. The van der Waals surface area contributed by atoms with Crippen LogP contribution in [0.2, 0.25) is 0 Å². The maximum atomic E-state index is 5.95. The molecule has 0 atom stereocenters. The highest BCUT2D eigenvalue weighted by Gasteiger charge is 2.26. The van der Waals surface area contributed by atoms with E-state index in [4.69, 9.17) is 4.42 Å². The van der Waals surface area contributed by atoms with Crippen LogP contribution >= 0.6 is 0 Å². The Morgan fingerprint density at radius 3 is 0.836 bits per heavy atom. The molecule has 0 fully saturated rings. The minimum Gasteiger partial charge on any atom is -0.436 e. The molecule has 9 nitrogen and oxygen atoms in total. The summed E-state index contributed by atoms with van der Waals surface area (Å²) in [5, 5.41) is 16.9. The van der Waals surface area contributed by atoms with Crippen molar-refractivity contribution >= 4 is 54.5 Å². The van der Waals surface area contributed by atoms with Gasteiger partial charge in [-0.2, -0.15) is 0 Å². The van der Waals surface area contributed by atoms with Gasteiger partial charge in [-0.1, -0.05) is 404 Å². The van der Waals surface area contributed by atoms with Gasteiger partial charge in [0.1, 0.15) is 5.52 Å². The van der Waals surface area contributed by atoms with Gasteiger partial charge in [0.15, 0.2) is 17.2 Å². The third kappa shape index (κ3) is 18.2. The summed E-state index contributed by atoms with van der Waals surface area (Å²) in [6.07, 6.45) is 0. The fraction of sp³-hybridized carbons (Fsp3) is 0.0876. The molecular weight excluding hydrogens is 1770 g/mol. The van der Waals surface area contributed by atoms with Crippen LogP contribution < -0.4 is 0 Å². The molecule has 146 heavy (non-hydrogen) atoms. The molecule has 25 aromatic rings. The van der Waals surface area contributed by atoms with Crippen LogP contribution in [0.1, 0.15) is 74.9 Å². The van der Waals surface area contributed by atoms with Gasteiger partial charge in [0.05, 0.1) is 45.2 Å². The van der Waals surface area contributed by atoms with E-state index in [-0.39, 0.29) is 10.8 Å². The third-order valence-electron chi connectivity index (χ3n) is 28.4. The Morgan fingerprint density at radius 1 is 0.205 bits per heavy atom. The van der Waals surface area contributed by atoms with E-state index < -0.39 is 0 Å². The highest BCUT2D eigenvalue weighted by molar-refractivity contribution is 6.10. The molecule has 0 aliphatic rings. The first-order chi connectivity index (χ1) is 71.3.